The fourth-order valence-electron chi connectivity index (χ4n) is 2.26. The highest BCUT2D eigenvalue weighted by atomic mass is 35.5. The zero-order valence-electron chi connectivity index (χ0n) is 11.2. The van der Waals surface area contributed by atoms with Crippen molar-refractivity contribution in [3.63, 3.8) is 0 Å². The number of nitrogens with one attached hydrogen (secondary N) is 1. The summed E-state index contributed by atoms with van der Waals surface area (Å²) >= 11 is 5.88. The molecule has 0 bridgehead atoms. The first-order valence-electron chi connectivity index (χ1n) is 6.75. The average molecular weight is 290 g/mol. The molecule has 1 atom stereocenters. The summed E-state index contributed by atoms with van der Waals surface area (Å²) in [5, 5.41) is 4.91. The third-order valence-electron chi connectivity index (χ3n) is 3.21. The quantitative estimate of drug-likeness (QED) is 0.735. The minimum absolute atomic E-state index is 0.116. The fraction of sp³-hybridized carbons (Fsp3) is 0.250. The van der Waals surface area contributed by atoms with Crippen LogP contribution in [-0.4, -0.2) is 6.54 Å². The van der Waals surface area contributed by atoms with E-state index < -0.39 is 0 Å². The van der Waals surface area contributed by atoms with Crippen molar-refractivity contribution in [3.8, 4) is 0 Å². The molecular formula is C16H16ClNO2. The molecule has 1 unspecified atom stereocenters. The number of rotatable bonds is 5. The summed E-state index contributed by atoms with van der Waals surface area (Å²) < 4.78 is 11.5. The first-order valence-corrected chi connectivity index (χ1v) is 7.13. The van der Waals surface area contributed by atoms with Gasteiger partial charge in [0.15, 0.2) is 5.22 Å². The number of hydrogen-bond acceptors (Lipinski definition) is 3. The Morgan fingerprint density at radius 3 is 2.65 bits per heavy atom. The van der Waals surface area contributed by atoms with Crippen molar-refractivity contribution in [2.75, 3.05) is 6.54 Å². The molecular weight excluding hydrogens is 274 g/mol. The Morgan fingerprint density at radius 2 is 1.95 bits per heavy atom. The largest absolute Gasteiger partial charge is 0.459 e. The SMILES string of the molecule is CCCNC(c1ccc(Cl)o1)c1cc2ccccc2o1. The highest BCUT2D eigenvalue weighted by Gasteiger charge is 2.21. The molecule has 0 spiro atoms. The van der Waals surface area contributed by atoms with Crippen LogP contribution in [0.1, 0.15) is 30.9 Å². The summed E-state index contributed by atoms with van der Waals surface area (Å²) in [5.41, 5.74) is 0.878. The Balaban J connectivity index is 1.99. The molecule has 4 heteroatoms. The first kappa shape index (κ1) is 13.3. The van der Waals surface area contributed by atoms with Gasteiger partial charge in [-0.05, 0) is 48.8 Å². The van der Waals surface area contributed by atoms with Crippen molar-refractivity contribution in [3.05, 3.63) is 59.2 Å². The van der Waals surface area contributed by atoms with Crippen molar-refractivity contribution in [2.24, 2.45) is 0 Å². The maximum atomic E-state index is 5.93. The number of benzene rings is 1. The summed E-state index contributed by atoms with van der Waals surface area (Å²) in [4.78, 5) is 0. The van der Waals surface area contributed by atoms with Gasteiger partial charge in [-0.3, -0.25) is 0 Å². The smallest absolute Gasteiger partial charge is 0.193 e. The molecule has 2 aromatic heterocycles. The summed E-state index contributed by atoms with van der Waals surface area (Å²) in [7, 11) is 0. The van der Waals surface area contributed by atoms with Crippen LogP contribution in [0.5, 0.6) is 0 Å². The highest BCUT2D eigenvalue weighted by molar-refractivity contribution is 6.28. The van der Waals surface area contributed by atoms with E-state index in [4.69, 9.17) is 20.4 Å². The predicted molar refractivity (Wildman–Crippen MR) is 80.1 cm³/mol. The number of hydrogen-bond donors (Lipinski definition) is 1. The van der Waals surface area contributed by atoms with Gasteiger partial charge in [0, 0.05) is 5.39 Å². The van der Waals surface area contributed by atoms with Crippen LogP contribution in [0, 0.1) is 0 Å². The van der Waals surface area contributed by atoms with E-state index in [-0.39, 0.29) is 6.04 Å². The lowest BCUT2D eigenvalue weighted by molar-refractivity contribution is 0.400. The second kappa shape index (κ2) is 5.73. The van der Waals surface area contributed by atoms with Gasteiger partial charge in [-0.2, -0.15) is 0 Å². The monoisotopic (exact) mass is 289 g/mol. The standard InChI is InChI=1S/C16H16ClNO2/c1-2-9-18-16(13-7-8-15(17)20-13)14-10-11-5-3-4-6-12(11)19-14/h3-8,10,16,18H,2,9H2,1H3. The fourth-order valence-corrected chi connectivity index (χ4v) is 2.41. The summed E-state index contributed by atoms with van der Waals surface area (Å²) in [6, 6.07) is 13.5. The second-order valence-corrected chi connectivity index (χ2v) is 5.09. The van der Waals surface area contributed by atoms with E-state index >= 15 is 0 Å². The normalized spacial score (nSPS) is 12.9. The van der Waals surface area contributed by atoms with Crippen molar-refractivity contribution in [1.82, 2.24) is 5.32 Å². The van der Waals surface area contributed by atoms with Gasteiger partial charge in [-0.25, -0.2) is 0 Å². The summed E-state index contributed by atoms with van der Waals surface area (Å²) in [5.74, 6) is 1.60. The third kappa shape index (κ3) is 2.60. The third-order valence-corrected chi connectivity index (χ3v) is 3.41. The van der Waals surface area contributed by atoms with E-state index in [9.17, 15) is 0 Å². The Hall–Kier alpha value is -1.71. The van der Waals surface area contributed by atoms with Gasteiger partial charge in [0.05, 0.1) is 0 Å². The molecule has 0 saturated carbocycles. The van der Waals surface area contributed by atoms with Crippen molar-refractivity contribution in [2.45, 2.75) is 19.4 Å². The minimum Gasteiger partial charge on any atom is -0.459 e. The average Bonchev–Trinajstić information content (AvgIpc) is 3.05. The van der Waals surface area contributed by atoms with E-state index in [1.54, 1.807) is 6.07 Å². The molecule has 2 heterocycles. The first-order chi connectivity index (χ1) is 9.78. The number of para-hydroxylation sites is 1. The summed E-state index contributed by atoms with van der Waals surface area (Å²) in [6.45, 7) is 3.00. The molecule has 0 fully saturated rings. The Morgan fingerprint density at radius 1 is 1.10 bits per heavy atom. The van der Waals surface area contributed by atoms with Crippen LogP contribution in [-0.2, 0) is 0 Å². The lowest BCUT2D eigenvalue weighted by Crippen LogP contribution is -2.22. The van der Waals surface area contributed by atoms with Gasteiger partial charge in [-0.15, -0.1) is 0 Å². The van der Waals surface area contributed by atoms with Crippen LogP contribution in [0.4, 0.5) is 0 Å². The molecule has 0 amide bonds. The zero-order valence-corrected chi connectivity index (χ0v) is 12.0. The van der Waals surface area contributed by atoms with Crippen LogP contribution in [0.2, 0.25) is 5.22 Å². The van der Waals surface area contributed by atoms with E-state index in [2.05, 4.69) is 12.2 Å². The van der Waals surface area contributed by atoms with Crippen molar-refractivity contribution >= 4 is 22.6 Å². The maximum absolute atomic E-state index is 5.93. The van der Waals surface area contributed by atoms with Crippen LogP contribution < -0.4 is 5.32 Å². The molecule has 1 aromatic carbocycles. The molecule has 0 aliphatic heterocycles. The molecule has 0 saturated heterocycles. The topological polar surface area (TPSA) is 38.3 Å². The lowest BCUT2D eigenvalue weighted by atomic mass is 10.1. The molecule has 0 aliphatic rings. The van der Waals surface area contributed by atoms with Gasteiger partial charge in [0.1, 0.15) is 23.1 Å². The van der Waals surface area contributed by atoms with E-state index in [1.807, 2.05) is 36.4 Å². The predicted octanol–water partition coefficient (Wildman–Crippen LogP) is 4.77. The zero-order chi connectivity index (χ0) is 13.9. The van der Waals surface area contributed by atoms with Gasteiger partial charge in [-0.1, -0.05) is 25.1 Å². The number of halogens is 1. The van der Waals surface area contributed by atoms with Crippen LogP contribution in [0.25, 0.3) is 11.0 Å². The number of fused-ring (bicyclic) bond motifs is 1. The minimum atomic E-state index is -0.116. The van der Waals surface area contributed by atoms with Crippen molar-refractivity contribution < 1.29 is 8.83 Å². The van der Waals surface area contributed by atoms with Gasteiger partial charge in [0.2, 0.25) is 0 Å². The van der Waals surface area contributed by atoms with E-state index in [0.717, 1.165) is 35.5 Å². The molecule has 3 nitrogen and oxygen atoms in total. The Kier molecular flexibility index (Phi) is 3.81. The van der Waals surface area contributed by atoms with Crippen LogP contribution in [0.3, 0.4) is 0 Å². The van der Waals surface area contributed by atoms with Crippen LogP contribution in [0.15, 0.2) is 51.3 Å². The lowest BCUT2D eigenvalue weighted by Gasteiger charge is -2.13. The Labute approximate surface area is 122 Å². The molecule has 0 radical (unpaired) electrons. The molecule has 3 aromatic rings. The van der Waals surface area contributed by atoms with Gasteiger partial charge < -0.3 is 14.2 Å². The Bertz CT molecular complexity index is 668. The molecule has 20 heavy (non-hydrogen) atoms. The van der Waals surface area contributed by atoms with Gasteiger partial charge in [0.25, 0.3) is 0 Å². The molecule has 104 valence electrons. The van der Waals surface area contributed by atoms with Gasteiger partial charge >= 0.3 is 0 Å². The molecule has 0 aliphatic carbocycles. The summed E-state index contributed by atoms with van der Waals surface area (Å²) in [6.07, 6.45) is 1.03. The second-order valence-electron chi connectivity index (χ2n) is 4.72. The van der Waals surface area contributed by atoms with Crippen LogP contribution >= 0.6 is 11.6 Å². The number of furan rings is 2. The van der Waals surface area contributed by atoms with E-state index in [0.29, 0.717) is 5.22 Å². The molecule has 1 N–H and O–H groups in total. The highest BCUT2D eigenvalue weighted by Crippen LogP contribution is 2.30. The maximum Gasteiger partial charge on any atom is 0.193 e. The van der Waals surface area contributed by atoms with E-state index in [1.165, 1.54) is 0 Å². The van der Waals surface area contributed by atoms with Crippen molar-refractivity contribution in [1.29, 1.82) is 0 Å². The molecule has 3 rings (SSSR count).